The summed E-state index contributed by atoms with van der Waals surface area (Å²) in [4.78, 5) is 10.6. The number of benzene rings is 2. The summed E-state index contributed by atoms with van der Waals surface area (Å²) in [6.45, 7) is 0.285. The van der Waals surface area contributed by atoms with Crippen LogP contribution in [0, 0.1) is 10.1 Å². The van der Waals surface area contributed by atoms with Crippen LogP contribution in [0.1, 0.15) is 0 Å². The zero-order valence-corrected chi connectivity index (χ0v) is 14.2. The molecule has 0 saturated carbocycles. The molecule has 0 unspecified atom stereocenters. The van der Waals surface area contributed by atoms with E-state index in [4.69, 9.17) is 9.47 Å². The number of halogens is 3. The summed E-state index contributed by atoms with van der Waals surface area (Å²) in [5, 5.41) is 24.0. The first kappa shape index (κ1) is 19.7. The molecule has 0 atom stereocenters. The molecule has 1 saturated heterocycles. The van der Waals surface area contributed by atoms with Crippen LogP contribution in [0.5, 0.6) is 17.2 Å². The second kappa shape index (κ2) is 7.52. The number of ether oxygens (including phenoxy) is 3. The van der Waals surface area contributed by atoms with Crippen LogP contribution < -0.4 is 14.8 Å². The van der Waals surface area contributed by atoms with Gasteiger partial charge in [0.25, 0.3) is 5.69 Å². The Bertz CT molecular complexity index is 853. The Kier molecular flexibility index (Phi) is 5.29. The summed E-state index contributed by atoms with van der Waals surface area (Å²) in [5.74, 6) is 0.0247. The number of alkyl halides is 3. The van der Waals surface area contributed by atoms with Crippen LogP contribution in [0.25, 0.3) is 0 Å². The smallest absolute Gasteiger partial charge is 0.457 e. The van der Waals surface area contributed by atoms with Gasteiger partial charge >= 0.3 is 6.36 Å². The van der Waals surface area contributed by atoms with E-state index in [1.165, 1.54) is 30.3 Å². The number of hydrogen-bond donors (Lipinski definition) is 2. The second-order valence-corrected chi connectivity index (χ2v) is 6.13. The average molecular weight is 400 g/mol. The summed E-state index contributed by atoms with van der Waals surface area (Å²) in [7, 11) is 0. The SMILES string of the molecule is O=[N+]([O-])c1ccc(Oc2ccc(OC(F)(F)F)cc2)cc1NCC1(O)COC1. The van der Waals surface area contributed by atoms with E-state index in [1.807, 2.05) is 0 Å². The maximum Gasteiger partial charge on any atom is 0.573 e. The van der Waals surface area contributed by atoms with E-state index in [1.54, 1.807) is 0 Å². The van der Waals surface area contributed by atoms with Gasteiger partial charge < -0.3 is 24.6 Å². The topological polar surface area (TPSA) is 103 Å². The zero-order chi connectivity index (χ0) is 20.4. The Morgan fingerprint density at radius 3 is 2.29 bits per heavy atom. The molecule has 2 N–H and O–H groups in total. The molecule has 3 rings (SSSR count). The average Bonchev–Trinajstić information content (AvgIpc) is 2.58. The van der Waals surface area contributed by atoms with Crippen LogP contribution in [0.2, 0.25) is 0 Å². The van der Waals surface area contributed by atoms with Crippen LogP contribution in [0.4, 0.5) is 24.5 Å². The van der Waals surface area contributed by atoms with Crippen molar-refractivity contribution in [1.29, 1.82) is 0 Å². The summed E-state index contributed by atoms with van der Waals surface area (Å²) >= 11 is 0. The van der Waals surface area contributed by atoms with Gasteiger partial charge in [-0.3, -0.25) is 10.1 Å². The molecule has 2 aromatic carbocycles. The third-order valence-electron chi connectivity index (χ3n) is 3.81. The normalized spacial score (nSPS) is 15.4. The summed E-state index contributed by atoms with van der Waals surface area (Å²) in [5.41, 5.74) is -1.19. The lowest BCUT2D eigenvalue weighted by atomic mass is 10.0. The highest BCUT2D eigenvalue weighted by molar-refractivity contribution is 5.64. The molecule has 0 bridgehead atoms. The lowest BCUT2D eigenvalue weighted by molar-refractivity contribution is -0.384. The van der Waals surface area contributed by atoms with Gasteiger partial charge in [-0.2, -0.15) is 0 Å². The molecule has 1 heterocycles. The van der Waals surface area contributed by atoms with Gasteiger partial charge in [0, 0.05) is 18.7 Å². The van der Waals surface area contributed by atoms with Gasteiger partial charge in [-0.1, -0.05) is 0 Å². The predicted octanol–water partition coefficient (Wildman–Crippen LogP) is 3.46. The van der Waals surface area contributed by atoms with Gasteiger partial charge in [-0.15, -0.1) is 13.2 Å². The minimum absolute atomic E-state index is 0.0424. The van der Waals surface area contributed by atoms with Crippen molar-refractivity contribution in [3.8, 4) is 17.2 Å². The number of nitro groups is 1. The molecule has 150 valence electrons. The zero-order valence-electron chi connectivity index (χ0n) is 14.2. The number of anilines is 1. The maximum atomic E-state index is 12.2. The Balaban J connectivity index is 1.72. The summed E-state index contributed by atoms with van der Waals surface area (Å²) < 4.78 is 50.8. The Labute approximate surface area is 156 Å². The fourth-order valence-electron chi connectivity index (χ4n) is 2.42. The fraction of sp³-hybridized carbons (Fsp3) is 0.294. The first-order valence-electron chi connectivity index (χ1n) is 8.00. The van der Waals surface area contributed by atoms with Gasteiger partial charge in [0.1, 0.15) is 28.5 Å². The van der Waals surface area contributed by atoms with Crippen LogP contribution in [-0.2, 0) is 4.74 Å². The Hall–Kier alpha value is -3.05. The molecule has 2 aromatic rings. The van der Waals surface area contributed by atoms with Crippen LogP contribution in [0.3, 0.4) is 0 Å². The van der Waals surface area contributed by atoms with E-state index in [-0.39, 0.29) is 42.6 Å². The summed E-state index contributed by atoms with van der Waals surface area (Å²) in [6.07, 6.45) is -4.79. The quantitative estimate of drug-likeness (QED) is 0.542. The standard InChI is InChI=1S/C17H15F3N2O6/c18-17(19,20)28-12-3-1-11(2-4-12)27-13-5-6-15(22(24)25)14(7-13)21-8-16(23)9-26-10-16/h1-7,21,23H,8-10H2. The number of rotatable bonds is 7. The Morgan fingerprint density at radius 1 is 1.14 bits per heavy atom. The molecule has 1 aliphatic rings. The van der Waals surface area contributed by atoms with Gasteiger partial charge in [0.05, 0.1) is 18.1 Å². The molecule has 0 aliphatic carbocycles. The minimum Gasteiger partial charge on any atom is -0.457 e. The lowest BCUT2D eigenvalue weighted by Crippen LogP contribution is -2.54. The van der Waals surface area contributed by atoms with Crippen LogP contribution in [0.15, 0.2) is 42.5 Å². The number of hydrogen-bond acceptors (Lipinski definition) is 7. The van der Waals surface area contributed by atoms with Gasteiger partial charge in [0.2, 0.25) is 0 Å². The molecule has 1 fully saturated rings. The molecule has 1 aliphatic heterocycles. The van der Waals surface area contributed by atoms with Gasteiger partial charge in [-0.05, 0) is 30.3 Å². The van der Waals surface area contributed by atoms with Crippen molar-refractivity contribution in [2.45, 2.75) is 12.0 Å². The van der Waals surface area contributed by atoms with E-state index in [9.17, 15) is 28.4 Å². The molecule has 8 nitrogen and oxygen atoms in total. The first-order valence-corrected chi connectivity index (χ1v) is 8.00. The lowest BCUT2D eigenvalue weighted by Gasteiger charge is -2.36. The molecular weight excluding hydrogens is 385 g/mol. The Morgan fingerprint density at radius 2 is 1.75 bits per heavy atom. The van der Waals surface area contributed by atoms with E-state index < -0.39 is 22.6 Å². The van der Waals surface area contributed by atoms with E-state index >= 15 is 0 Å². The van der Waals surface area contributed by atoms with Gasteiger partial charge in [-0.25, -0.2) is 0 Å². The van der Waals surface area contributed by atoms with E-state index in [0.717, 1.165) is 12.1 Å². The van der Waals surface area contributed by atoms with Crippen molar-refractivity contribution < 1.29 is 37.4 Å². The number of nitrogens with one attached hydrogen (secondary N) is 1. The number of nitrogens with zero attached hydrogens (tertiary/aromatic N) is 1. The molecule has 0 spiro atoms. The predicted molar refractivity (Wildman–Crippen MR) is 90.6 cm³/mol. The highest BCUT2D eigenvalue weighted by Gasteiger charge is 2.36. The van der Waals surface area contributed by atoms with Crippen molar-refractivity contribution >= 4 is 11.4 Å². The van der Waals surface area contributed by atoms with Crippen molar-refractivity contribution in [3.63, 3.8) is 0 Å². The first-order chi connectivity index (χ1) is 13.1. The molecule has 0 aromatic heterocycles. The fourth-order valence-corrected chi connectivity index (χ4v) is 2.42. The number of aliphatic hydroxyl groups is 1. The molecular formula is C17H15F3N2O6. The van der Waals surface area contributed by atoms with E-state index in [0.29, 0.717) is 0 Å². The van der Waals surface area contributed by atoms with Gasteiger partial charge in [0.15, 0.2) is 0 Å². The van der Waals surface area contributed by atoms with Crippen molar-refractivity contribution in [3.05, 3.63) is 52.6 Å². The minimum atomic E-state index is -4.79. The van der Waals surface area contributed by atoms with Crippen LogP contribution in [-0.4, -0.2) is 41.8 Å². The number of nitro benzene ring substituents is 1. The van der Waals surface area contributed by atoms with Crippen molar-refractivity contribution in [2.24, 2.45) is 0 Å². The summed E-state index contributed by atoms with van der Waals surface area (Å²) in [6, 6.07) is 8.64. The molecule has 0 radical (unpaired) electrons. The highest BCUT2D eigenvalue weighted by atomic mass is 19.4. The third kappa shape index (κ3) is 5.02. The highest BCUT2D eigenvalue weighted by Crippen LogP contribution is 2.33. The molecule has 11 heteroatoms. The van der Waals surface area contributed by atoms with Crippen molar-refractivity contribution in [1.82, 2.24) is 0 Å². The molecule has 0 amide bonds. The molecule has 28 heavy (non-hydrogen) atoms. The van der Waals surface area contributed by atoms with E-state index in [2.05, 4.69) is 10.1 Å². The largest absolute Gasteiger partial charge is 0.573 e. The van der Waals surface area contributed by atoms with Crippen LogP contribution >= 0.6 is 0 Å². The monoisotopic (exact) mass is 400 g/mol. The second-order valence-electron chi connectivity index (χ2n) is 6.13. The third-order valence-corrected chi connectivity index (χ3v) is 3.81. The van der Waals surface area contributed by atoms with Crippen molar-refractivity contribution in [2.75, 3.05) is 25.1 Å². The maximum absolute atomic E-state index is 12.2.